The first-order chi connectivity index (χ1) is 25.1. The summed E-state index contributed by atoms with van der Waals surface area (Å²) in [6, 6.07) is 61.1. The van der Waals surface area contributed by atoms with Gasteiger partial charge in [0.15, 0.2) is 5.84 Å². The zero-order valence-electron chi connectivity index (χ0n) is 28.2. The fraction of sp³-hybridized carbons (Fsp3) is 0.0435. The van der Waals surface area contributed by atoms with E-state index in [0.29, 0.717) is 11.7 Å². The van der Waals surface area contributed by atoms with E-state index in [9.17, 15) is 0 Å². The van der Waals surface area contributed by atoms with Crippen LogP contribution in [0, 0.1) is 0 Å². The molecule has 244 valence electrons. The van der Waals surface area contributed by atoms with Gasteiger partial charge in [-0.3, -0.25) is 4.99 Å². The van der Waals surface area contributed by atoms with E-state index in [1.54, 1.807) is 0 Å². The largest absolute Gasteiger partial charge is 0.383 e. The van der Waals surface area contributed by atoms with Crippen molar-refractivity contribution < 1.29 is 0 Å². The number of rotatable bonds is 6. The van der Waals surface area contributed by atoms with Crippen molar-refractivity contribution >= 4 is 55.3 Å². The molecule has 2 heterocycles. The van der Waals surface area contributed by atoms with E-state index < -0.39 is 0 Å². The van der Waals surface area contributed by atoms with Gasteiger partial charge in [0.05, 0.1) is 28.1 Å². The Labute approximate surface area is 296 Å². The number of benzene rings is 7. The summed E-state index contributed by atoms with van der Waals surface area (Å²) in [5.74, 6) is 0.979. The van der Waals surface area contributed by atoms with Gasteiger partial charge in [-0.1, -0.05) is 127 Å². The number of aliphatic imine (C=N–C) groups is 2. The Hall–Kier alpha value is -6.72. The molecule has 2 aromatic heterocycles. The smallest absolute Gasteiger partial charge is 0.157 e. The number of hydrogen-bond donors (Lipinski definition) is 1. The van der Waals surface area contributed by atoms with Gasteiger partial charge in [0.1, 0.15) is 5.84 Å². The quantitative estimate of drug-likeness (QED) is 0.140. The van der Waals surface area contributed by atoms with E-state index in [2.05, 4.69) is 162 Å². The molecule has 0 saturated heterocycles. The minimum atomic E-state index is -0.140. The van der Waals surface area contributed by atoms with Gasteiger partial charge in [0.2, 0.25) is 0 Å². The maximum Gasteiger partial charge on any atom is 0.157 e. The van der Waals surface area contributed by atoms with Crippen LogP contribution in [-0.2, 0) is 0 Å². The molecule has 2 N–H and O–H groups in total. The molecule has 0 spiro atoms. The fourth-order valence-electron chi connectivity index (χ4n) is 7.33. The molecule has 51 heavy (non-hydrogen) atoms. The van der Waals surface area contributed by atoms with Crippen LogP contribution in [0.15, 0.2) is 186 Å². The van der Waals surface area contributed by atoms with Crippen LogP contribution in [-0.4, -0.2) is 20.8 Å². The molecule has 9 aromatic rings. The lowest BCUT2D eigenvalue weighted by molar-refractivity contribution is 0.818. The summed E-state index contributed by atoms with van der Waals surface area (Å²) in [6.45, 7) is 2.10. The second-order valence-electron chi connectivity index (χ2n) is 12.9. The van der Waals surface area contributed by atoms with Gasteiger partial charge >= 0.3 is 0 Å². The molecule has 0 fully saturated rings. The summed E-state index contributed by atoms with van der Waals surface area (Å²) < 4.78 is 4.61. The van der Waals surface area contributed by atoms with Crippen molar-refractivity contribution in [3.05, 3.63) is 193 Å². The highest BCUT2D eigenvalue weighted by Crippen LogP contribution is 2.33. The zero-order chi connectivity index (χ0) is 34.3. The van der Waals surface area contributed by atoms with E-state index in [1.807, 2.05) is 30.3 Å². The third-order valence-corrected chi connectivity index (χ3v) is 9.75. The Kier molecular flexibility index (Phi) is 7.51. The Bertz CT molecular complexity index is 2680. The van der Waals surface area contributed by atoms with Crippen LogP contribution in [0.25, 0.3) is 55.0 Å². The SMILES string of the molecule is CC(/N=C(\N=C(/N)c1cccc(-n2c3ccccc3c3ccccc32)c1)c1cccc(-n2c3ccccc3c3ccccc32)c1)c1ccccc1. The van der Waals surface area contributed by atoms with E-state index in [-0.39, 0.29) is 6.04 Å². The summed E-state index contributed by atoms with van der Waals surface area (Å²) in [5, 5.41) is 4.87. The molecule has 0 aliphatic rings. The molecule has 5 nitrogen and oxygen atoms in total. The fourth-order valence-corrected chi connectivity index (χ4v) is 7.33. The van der Waals surface area contributed by atoms with Crippen molar-refractivity contribution in [1.82, 2.24) is 9.13 Å². The second-order valence-corrected chi connectivity index (χ2v) is 12.9. The average Bonchev–Trinajstić information content (AvgIpc) is 3.71. The molecule has 0 amide bonds. The molecular weight excluding hydrogens is 623 g/mol. The van der Waals surface area contributed by atoms with Crippen LogP contribution in [0.1, 0.15) is 29.7 Å². The second kappa shape index (κ2) is 12.6. The number of nitrogens with zero attached hydrogens (tertiary/aromatic N) is 4. The Morgan fingerprint density at radius 1 is 0.471 bits per heavy atom. The molecule has 1 atom stereocenters. The first-order valence-electron chi connectivity index (χ1n) is 17.3. The van der Waals surface area contributed by atoms with Crippen LogP contribution >= 0.6 is 0 Å². The first-order valence-corrected chi connectivity index (χ1v) is 17.3. The maximum atomic E-state index is 6.93. The normalized spacial score (nSPS) is 13.0. The number of fused-ring (bicyclic) bond motifs is 6. The number of hydrogen-bond acceptors (Lipinski definition) is 1. The third-order valence-electron chi connectivity index (χ3n) is 9.75. The molecule has 1 unspecified atom stereocenters. The molecule has 0 saturated carbocycles. The molecule has 0 aliphatic heterocycles. The number of nitrogens with two attached hydrogens (primary N) is 1. The summed E-state index contributed by atoms with van der Waals surface area (Å²) in [5.41, 5.74) is 16.4. The predicted octanol–water partition coefficient (Wildman–Crippen LogP) is 10.8. The highest BCUT2D eigenvalue weighted by atomic mass is 15.0. The van der Waals surface area contributed by atoms with Crippen molar-refractivity contribution in [3.8, 4) is 11.4 Å². The summed E-state index contributed by atoms with van der Waals surface area (Å²) in [6.07, 6.45) is 0. The third kappa shape index (κ3) is 5.36. The van der Waals surface area contributed by atoms with E-state index in [0.717, 1.165) is 50.1 Å². The lowest BCUT2D eigenvalue weighted by Crippen LogP contribution is -2.17. The summed E-state index contributed by atoms with van der Waals surface area (Å²) in [4.78, 5) is 10.3. The highest BCUT2D eigenvalue weighted by Gasteiger charge is 2.16. The molecule has 0 bridgehead atoms. The van der Waals surface area contributed by atoms with Crippen molar-refractivity contribution in [3.63, 3.8) is 0 Å². The molecule has 7 aromatic carbocycles. The monoisotopic (exact) mass is 657 g/mol. The van der Waals surface area contributed by atoms with E-state index >= 15 is 0 Å². The number of para-hydroxylation sites is 4. The molecular formula is C46H35N5. The van der Waals surface area contributed by atoms with Crippen LogP contribution < -0.4 is 5.73 Å². The average molecular weight is 658 g/mol. The van der Waals surface area contributed by atoms with Crippen LogP contribution in [0.3, 0.4) is 0 Å². The maximum absolute atomic E-state index is 6.93. The van der Waals surface area contributed by atoms with Gasteiger partial charge in [0.25, 0.3) is 0 Å². The lowest BCUT2D eigenvalue weighted by Gasteiger charge is -2.13. The van der Waals surface area contributed by atoms with Crippen LogP contribution in [0.2, 0.25) is 0 Å². The van der Waals surface area contributed by atoms with Gasteiger partial charge in [0, 0.05) is 44.0 Å². The minimum Gasteiger partial charge on any atom is -0.383 e. The molecule has 0 aliphatic carbocycles. The van der Waals surface area contributed by atoms with Gasteiger partial charge < -0.3 is 14.9 Å². The number of aromatic nitrogens is 2. The Balaban J connectivity index is 1.18. The zero-order valence-corrected chi connectivity index (χ0v) is 28.2. The Morgan fingerprint density at radius 3 is 1.37 bits per heavy atom. The van der Waals surface area contributed by atoms with Crippen molar-refractivity contribution in [1.29, 1.82) is 0 Å². The van der Waals surface area contributed by atoms with Crippen LogP contribution in [0.4, 0.5) is 0 Å². The molecule has 9 rings (SSSR count). The minimum absolute atomic E-state index is 0.140. The first kappa shape index (κ1) is 30.3. The predicted molar refractivity (Wildman–Crippen MR) is 214 cm³/mol. The van der Waals surface area contributed by atoms with Crippen LogP contribution in [0.5, 0.6) is 0 Å². The summed E-state index contributed by atoms with van der Waals surface area (Å²) >= 11 is 0. The van der Waals surface area contributed by atoms with Crippen molar-refractivity contribution in [2.45, 2.75) is 13.0 Å². The van der Waals surface area contributed by atoms with E-state index in [4.69, 9.17) is 15.7 Å². The summed E-state index contributed by atoms with van der Waals surface area (Å²) in [7, 11) is 0. The van der Waals surface area contributed by atoms with Gasteiger partial charge in [-0.25, -0.2) is 4.99 Å². The lowest BCUT2D eigenvalue weighted by atomic mass is 10.1. The van der Waals surface area contributed by atoms with Crippen molar-refractivity contribution in [2.75, 3.05) is 0 Å². The van der Waals surface area contributed by atoms with Crippen molar-refractivity contribution in [2.24, 2.45) is 15.7 Å². The van der Waals surface area contributed by atoms with E-state index in [1.165, 1.54) is 21.5 Å². The topological polar surface area (TPSA) is 60.6 Å². The molecule has 5 heteroatoms. The Morgan fingerprint density at radius 2 is 0.882 bits per heavy atom. The highest BCUT2D eigenvalue weighted by molar-refractivity contribution is 6.13. The number of amidine groups is 2. The van der Waals surface area contributed by atoms with Gasteiger partial charge in [-0.15, -0.1) is 0 Å². The van der Waals surface area contributed by atoms with Gasteiger partial charge in [-0.05, 0) is 61.0 Å². The molecule has 0 radical (unpaired) electrons. The standard InChI is InChI=1S/C46H35N5/c1-31(32-15-3-2-4-16-32)48-46(34-18-14-20-36(30-34)51-43-27-11-7-23-39(43)40-24-8-12-28-44(40)51)49-45(47)33-17-13-19-35(29-33)50-41-25-9-5-21-37(41)38-22-6-10-26-42(38)50/h2-31H,1H3,(H2,47,48,49). The van der Waals surface area contributed by atoms with Gasteiger partial charge in [-0.2, -0.15) is 0 Å².